The first-order chi connectivity index (χ1) is 8.29. The third-order valence-electron chi connectivity index (χ3n) is 4.03. The lowest BCUT2D eigenvalue weighted by Crippen LogP contribution is -2.31. The maximum Gasteiger partial charge on any atom is 0.108 e. The summed E-state index contributed by atoms with van der Waals surface area (Å²) in [5, 5.41) is 0. The van der Waals surface area contributed by atoms with Crippen molar-refractivity contribution in [1.29, 1.82) is 0 Å². The van der Waals surface area contributed by atoms with Gasteiger partial charge in [0.05, 0.1) is 0 Å². The molecular formula is C14H24N2S. The standard InChI is InChI=1S/C14H24N2S/c1-2-6-13-15-9-10-16(13)11-14(12-17)7-4-3-5-8-14/h9-10,17H,2-8,11-12H2,1H3. The Morgan fingerprint density at radius 3 is 2.76 bits per heavy atom. The molecule has 0 aromatic carbocycles. The van der Waals surface area contributed by atoms with Crippen molar-refractivity contribution in [1.82, 2.24) is 9.55 Å². The summed E-state index contributed by atoms with van der Waals surface area (Å²) in [6.45, 7) is 3.33. The number of imidazole rings is 1. The minimum Gasteiger partial charge on any atom is -0.334 e. The van der Waals surface area contributed by atoms with Crippen LogP contribution in [-0.2, 0) is 13.0 Å². The number of aromatic nitrogens is 2. The molecule has 17 heavy (non-hydrogen) atoms. The molecule has 0 unspecified atom stereocenters. The second kappa shape index (κ2) is 5.94. The van der Waals surface area contributed by atoms with Crippen LogP contribution in [-0.4, -0.2) is 15.3 Å². The fraction of sp³-hybridized carbons (Fsp3) is 0.786. The van der Waals surface area contributed by atoms with Gasteiger partial charge in [-0.15, -0.1) is 0 Å². The number of thiol groups is 1. The van der Waals surface area contributed by atoms with Crippen LogP contribution in [0.5, 0.6) is 0 Å². The van der Waals surface area contributed by atoms with Gasteiger partial charge in [0, 0.05) is 25.4 Å². The van der Waals surface area contributed by atoms with Crippen molar-refractivity contribution in [3.8, 4) is 0 Å². The highest BCUT2D eigenvalue weighted by molar-refractivity contribution is 7.80. The van der Waals surface area contributed by atoms with E-state index in [0.717, 1.165) is 18.7 Å². The van der Waals surface area contributed by atoms with Gasteiger partial charge in [-0.05, 0) is 30.4 Å². The fourth-order valence-electron chi connectivity index (χ4n) is 2.97. The highest BCUT2D eigenvalue weighted by Gasteiger charge is 2.31. The second-order valence-corrected chi connectivity index (χ2v) is 5.76. The molecule has 1 saturated carbocycles. The van der Waals surface area contributed by atoms with Gasteiger partial charge in [-0.25, -0.2) is 4.98 Å². The minimum absolute atomic E-state index is 0.421. The zero-order chi connectivity index (χ0) is 12.1. The molecule has 1 aliphatic carbocycles. The molecule has 96 valence electrons. The molecule has 0 N–H and O–H groups in total. The van der Waals surface area contributed by atoms with Crippen LogP contribution >= 0.6 is 12.6 Å². The Labute approximate surface area is 110 Å². The zero-order valence-electron chi connectivity index (χ0n) is 10.9. The monoisotopic (exact) mass is 252 g/mol. The molecule has 1 aromatic heterocycles. The van der Waals surface area contributed by atoms with Crippen LogP contribution in [0.2, 0.25) is 0 Å². The zero-order valence-corrected chi connectivity index (χ0v) is 11.8. The molecule has 0 radical (unpaired) electrons. The summed E-state index contributed by atoms with van der Waals surface area (Å²) >= 11 is 4.61. The lowest BCUT2D eigenvalue weighted by atomic mass is 9.75. The van der Waals surface area contributed by atoms with Gasteiger partial charge in [0.2, 0.25) is 0 Å². The summed E-state index contributed by atoms with van der Waals surface area (Å²) in [5.74, 6) is 2.26. The first-order valence-corrected chi connectivity index (χ1v) is 7.54. The molecule has 0 amide bonds. The predicted octanol–water partition coefficient (Wildman–Crippen LogP) is 3.72. The molecule has 0 atom stereocenters. The fourth-order valence-corrected chi connectivity index (χ4v) is 3.38. The van der Waals surface area contributed by atoms with Gasteiger partial charge in [-0.2, -0.15) is 12.6 Å². The van der Waals surface area contributed by atoms with Crippen molar-refractivity contribution in [2.75, 3.05) is 5.75 Å². The van der Waals surface area contributed by atoms with E-state index in [-0.39, 0.29) is 0 Å². The Balaban J connectivity index is 2.09. The summed E-state index contributed by atoms with van der Waals surface area (Å²) in [6, 6.07) is 0. The van der Waals surface area contributed by atoms with Crippen LogP contribution in [0.15, 0.2) is 12.4 Å². The Bertz CT molecular complexity index is 340. The molecule has 2 rings (SSSR count). The normalized spacial score (nSPS) is 19.4. The van der Waals surface area contributed by atoms with Gasteiger partial charge in [0.25, 0.3) is 0 Å². The average molecular weight is 252 g/mol. The summed E-state index contributed by atoms with van der Waals surface area (Å²) < 4.78 is 2.37. The third-order valence-corrected chi connectivity index (χ3v) is 4.70. The molecule has 0 spiro atoms. The van der Waals surface area contributed by atoms with E-state index in [4.69, 9.17) is 0 Å². The van der Waals surface area contributed by atoms with Gasteiger partial charge in [-0.1, -0.05) is 26.2 Å². The van der Waals surface area contributed by atoms with Crippen LogP contribution in [0.1, 0.15) is 51.3 Å². The summed E-state index contributed by atoms with van der Waals surface area (Å²) in [7, 11) is 0. The van der Waals surface area contributed by atoms with Crippen molar-refractivity contribution < 1.29 is 0 Å². The van der Waals surface area contributed by atoms with Gasteiger partial charge in [0.15, 0.2) is 0 Å². The van der Waals surface area contributed by atoms with E-state index >= 15 is 0 Å². The van der Waals surface area contributed by atoms with Crippen LogP contribution in [0.25, 0.3) is 0 Å². The highest BCUT2D eigenvalue weighted by Crippen LogP contribution is 2.38. The number of rotatable bonds is 5. The minimum atomic E-state index is 0.421. The average Bonchev–Trinajstić information content (AvgIpc) is 2.78. The van der Waals surface area contributed by atoms with E-state index in [1.54, 1.807) is 0 Å². The van der Waals surface area contributed by atoms with Crippen LogP contribution in [0.3, 0.4) is 0 Å². The van der Waals surface area contributed by atoms with Gasteiger partial charge in [-0.3, -0.25) is 0 Å². The molecule has 0 bridgehead atoms. The van der Waals surface area contributed by atoms with E-state index < -0.39 is 0 Å². The van der Waals surface area contributed by atoms with E-state index in [9.17, 15) is 0 Å². The number of nitrogens with zero attached hydrogens (tertiary/aromatic N) is 2. The molecule has 1 aliphatic rings. The van der Waals surface area contributed by atoms with Crippen molar-refractivity contribution in [2.24, 2.45) is 5.41 Å². The maximum atomic E-state index is 4.61. The molecule has 0 saturated heterocycles. The smallest absolute Gasteiger partial charge is 0.108 e. The van der Waals surface area contributed by atoms with E-state index in [1.807, 2.05) is 6.20 Å². The van der Waals surface area contributed by atoms with Gasteiger partial charge >= 0.3 is 0 Å². The van der Waals surface area contributed by atoms with E-state index in [2.05, 4.69) is 35.3 Å². The Morgan fingerprint density at radius 2 is 2.12 bits per heavy atom. The van der Waals surface area contributed by atoms with Crippen LogP contribution in [0.4, 0.5) is 0 Å². The first kappa shape index (κ1) is 13.0. The van der Waals surface area contributed by atoms with E-state index in [1.165, 1.54) is 44.3 Å². The first-order valence-electron chi connectivity index (χ1n) is 6.90. The number of aryl methyl sites for hydroxylation is 1. The van der Waals surface area contributed by atoms with Crippen LogP contribution < -0.4 is 0 Å². The Hall–Kier alpha value is -0.440. The van der Waals surface area contributed by atoms with Crippen molar-refractivity contribution in [3.63, 3.8) is 0 Å². The molecule has 1 heterocycles. The summed E-state index contributed by atoms with van der Waals surface area (Å²) in [5.41, 5.74) is 0.421. The van der Waals surface area contributed by atoms with Gasteiger partial charge < -0.3 is 4.57 Å². The molecular weight excluding hydrogens is 228 g/mol. The SMILES string of the molecule is CCCc1nccn1CC1(CS)CCCCC1. The quantitative estimate of drug-likeness (QED) is 0.791. The Kier molecular flexibility index (Phi) is 4.55. The molecule has 3 heteroatoms. The van der Waals surface area contributed by atoms with E-state index in [0.29, 0.717) is 5.41 Å². The Morgan fingerprint density at radius 1 is 1.35 bits per heavy atom. The lowest BCUT2D eigenvalue weighted by Gasteiger charge is -2.36. The van der Waals surface area contributed by atoms with Crippen molar-refractivity contribution in [2.45, 2.75) is 58.4 Å². The third kappa shape index (κ3) is 3.06. The number of hydrogen-bond acceptors (Lipinski definition) is 2. The maximum absolute atomic E-state index is 4.61. The highest BCUT2D eigenvalue weighted by atomic mass is 32.1. The summed E-state index contributed by atoms with van der Waals surface area (Å²) in [4.78, 5) is 4.47. The second-order valence-electron chi connectivity index (χ2n) is 5.44. The van der Waals surface area contributed by atoms with Crippen molar-refractivity contribution >= 4 is 12.6 Å². The lowest BCUT2D eigenvalue weighted by molar-refractivity contribution is 0.188. The molecule has 1 aromatic rings. The number of hydrogen-bond donors (Lipinski definition) is 1. The topological polar surface area (TPSA) is 17.8 Å². The van der Waals surface area contributed by atoms with Gasteiger partial charge in [0.1, 0.15) is 5.82 Å². The molecule has 1 fully saturated rings. The van der Waals surface area contributed by atoms with Crippen molar-refractivity contribution in [3.05, 3.63) is 18.2 Å². The van der Waals surface area contributed by atoms with Crippen LogP contribution in [0, 0.1) is 5.41 Å². The largest absolute Gasteiger partial charge is 0.334 e. The summed E-state index contributed by atoms with van der Waals surface area (Å²) in [6.07, 6.45) is 13.2. The molecule has 0 aliphatic heterocycles. The predicted molar refractivity (Wildman–Crippen MR) is 75.6 cm³/mol. The molecule has 2 nitrogen and oxygen atoms in total.